The summed E-state index contributed by atoms with van der Waals surface area (Å²) in [5.41, 5.74) is 3.15. The van der Waals surface area contributed by atoms with Crippen molar-refractivity contribution in [3.8, 4) is 17.0 Å². The van der Waals surface area contributed by atoms with Crippen molar-refractivity contribution in [2.45, 2.75) is 38.3 Å². The highest BCUT2D eigenvalue weighted by atomic mass is 16.5. The first-order chi connectivity index (χ1) is 13.8. The molecule has 0 radical (unpaired) electrons. The van der Waals surface area contributed by atoms with E-state index in [4.69, 9.17) is 14.7 Å². The molecule has 2 aromatic carbocycles. The minimum atomic E-state index is 0.470. The molecule has 4 rings (SSSR count). The molecule has 0 amide bonds. The van der Waals surface area contributed by atoms with Gasteiger partial charge in [-0.25, -0.2) is 4.98 Å². The van der Waals surface area contributed by atoms with Gasteiger partial charge in [0.25, 0.3) is 0 Å². The zero-order chi connectivity index (χ0) is 19.2. The quantitative estimate of drug-likeness (QED) is 0.601. The normalized spacial score (nSPS) is 14.0. The maximum Gasteiger partial charge on any atom is 0.225 e. The summed E-state index contributed by atoms with van der Waals surface area (Å²) in [6.45, 7) is 0.672. The van der Waals surface area contributed by atoms with Gasteiger partial charge in [0, 0.05) is 24.2 Å². The first kappa shape index (κ1) is 18.3. The Balaban J connectivity index is 1.57. The number of methoxy groups -OCH3 is 1. The molecular weight excluding hydrogens is 348 g/mol. The monoisotopic (exact) mass is 374 g/mol. The van der Waals surface area contributed by atoms with Gasteiger partial charge < -0.3 is 15.4 Å². The third-order valence-electron chi connectivity index (χ3n) is 5.09. The van der Waals surface area contributed by atoms with Crippen LogP contribution >= 0.6 is 0 Å². The van der Waals surface area contributed by atoms with E-state index in [1.54, 1.807) is 7.11 Å². The molecule has 1 aliphatic rings. The Morgan fingerprint density at radius 3 is 2.57 bits per heavy atom. The molecule has 1 fully saturated rings. The van der Waals surface area contributed by atoms with E-state index in [0.29, 0.717) is 18.5 Å². The van der Waals surface area contributed by atoms with Gasteiger partial charge in [0.15, 0.2) is 0 Å². The van der Waals surface area contributed by atoms with Gasteiger partial charge in [-0.1, -0.05) is 55.3 Å². The van der Waals surface area contributed by atoms with Crippen molar-refractivity contribution < 1.29 is 4.74 Å². The Labute approximate surface area is 166 Å². The van der Waals surface area contributed by atoms with Crippen LogP contribution in [0.5, 0.6) is 5.75 Å². The number of benzene rings is 2. The van der Waals surface area contributed by atoms with Crippen LogP contribution in [0.1, 0.15) is 31.2 Å². The number of aromatic nitrogens is 2. The lowest BCUT2D eigenvalue weighted by molar-refractivity contribution is 0.414. The van der Waals surface area contributed by atoms with E-state index in [0.717, 1.165) is 28.4 Å². The molecule has 1 aromatic heterocycles. The van der Waals surface area contributed by atoms with Crippen molar-refractivity contribution in [2.24, 2.45) is 0 Å². The first-order valence-electron chi connectivity index (χ1n) is 9.88. The maximum atomic E-state index is 5.31. The topological polar surface area (TPSA) is 59.1 Å². The first-order valence-corrected chi connectivity index (χ1v) is 9.88. The number of nitrogens with zero attached hydrogens (tertiary/aromatic N) is 2. The molecule has 28 heavy (non-hydrogen) atoms. The van der Waals surface area contributed by atoms with Crippen molar-refractivity contribution >= 4 is 11.8 Å². The highest BCUT2D eigenvalue weighted by Crippen LogP contribution is 2.25. The van der Waals surface area contributed by atoms with E-state index in [2.05, 4.69) is 28.8 Å². The second-order valence-electron chi connectivity index (χ2n) is 7.16. The van der Waals surface area contributed by atoms with Crippen molar-refractivity contribution in [3.05, 3.63) is 66.2 Å². The van der Waals surface area contributed by atoms with Gasteiger partial charge >= 0.3 is 0 Å². The molecule has 1 heterocycles. The summed E-state index contributed by atoms with van der Waals surface area (Å²) in [5, 5.41) is 6.97. The lowest BCUT2D eigenvalue weighted by Gasteiger charge is -2.15. The molecule has 3 aromatic rings. The van der Waals surface area contributed by atoms with Crippen LogP contribution in [0.4, 0.5) is 11.8 Å². The molecule has 0 atom stereocenters. The standard InChI is InChI=1S/C23H26N4O/c1-28-20-13-7-8-17(14-20)16-24-22-15-21(18-9-3-2-4-10-18)26-23(27-22)25-19-11-5-6-12-19/h2-4,7-10,13-15,19H,5-6,11-12,16H2,1H3,(H2,24,25,26,27). The van der Waals surface area contributed by atoms with E-state index in [9.17, 15) is 0 Å². The Bertz CT molecular complexity index is 907. The third-order valence-corrected chi connectivity index (χ3v) is 5.09. The van der Waals surface area contributed by atoms with Gasteiger partial charge in [-0.15, -0.1) is 0 Å². The van der Waals surface area contributed by atoms with E-state index in [1.165, 1.54) is 25.7 Å². The van der Waals surface area contributed by atoms with Crippen LogP contribution < -0.4 is 15.4 Å². The molecule has 0 spiro atoms. The minimum Gasteiger partial charge on any atom is -0.497 e. The average molecular weight is 374 g/mol. The van der Waals surface area contributed by atoms with Crippen molar-refractivity contribution in [1.82, 2.24) is 9.97 Å². The third kappa shape index (κ3) is 4.60. The van der Waals surface area contributed by atoms with Crippen LogP contribution in [0.2, 0.25) is 0 Å². The fourth-order valence-electron chi connectivity index (χ4n) is 3.59. The van der Waals surface area contributed by atoms with Crippen LogP contribution in [-0.4, -0.2) is 23.1 Å². The van der Waals surface area contributed by atoms with E-state index >= 15 is 0 Å². The largest absolute Gasteiger partial charge is 0.497 e. The summed E-state index contributed by atoms with van der Waals surface area (Å²) in [6, 6.07) is 20.8. The van der Waals surface area contributed by atoms with Gasteiger partial charge in [0.2, 0.25) is 5.95 Å². The van der Waals surface area contributed by atoms with Gasteiger partial charge in [0.05, 0.1) is 12.8 Å². The molecule has 0 aliphatic heterocycles. The molecule has 1 saturated carbocycles. The second-order valence-corrected chi connectivity index (χ2v) is 7.16. The summed E-state index contributed by atoms with van der Waals surface area (Å²) >= 11 is 0. The zero-order valence-corrected chi connectivity index (χ0v) is 16.2. The second kappa shape index (κ2) is 8.74. The van der Waals surface area contributed by atoms with E-state index in [-0.39, 0.29) is 0 Å². The molecule has 2 N–H and O–H groups in total. The molecule has 0 saturated heterocycles. The number of ether oxygens (including phenoxy) is 1. The summed E-state index contributed by atoms with van der Waals surface area (Å²) in [6.07, 6.45) is 4.92. The zero-order valence-electron chi connectivity index (χ0n) is 16.2. The smallest absolute Gasteiger partial charge is 0.225 e. The molecule has 0 unspecified atom stereocenters. The lowest BCUT2D eigenvalue weighted by atomic mass is 10.1. The Morgan fingerprint density at radius 2 is 1.79 bits per heavy atom. The van der Waals surface area contributed by atoms with Gasteiger partial charge in [-0.05, 0) is 30.5 Å². The SMILES string of the molecule is COc1cccc(CNc2cc(-c3ccccc3)nc(NC3CCCC3)n2)c1. The highest BCUT2D eigenvalue weighted by molar-refractivity contribution is 5.64. The van der Waals surface area contributed by atoms with Crippen LogP contribution in [-0.2, 0) is 6.54 Å². The summed E-state index contributed by atoms with van der Waals surface area (Å²) in [4.78, 5) is 9.48. The number of anilines is 2. The van der Waals surface area contributed by atoms with Crippen LogP contribution in [0, 0.1) is 0 Å². The van der Waals surface area contributed by atoms with Gasteiger partial charge in [-0.2, -0.15) is 4.98 Å². The van der Waals surface area contributed by atoms with Crippen LogP contribution in [0.3, 0.4) is 0 Å². The predicted molar refractivity (Wildman–Crippen MR) is 114 cm³/mol. The molecular formula is C23H26N4O. The van der Waals surface area contributed by atoms with Crippen LogP contribution in [0.15, 0.2) is 60.7 Å². The van der Waals surface area contributed by atoms with Gasteiger partial charge in [0.1, 0.15) is 11.6 Å². The Hall–Kier alpha value is -3.08. The predicted octanol–water partition coefficient (Wildman–Crippen LogP) is 5.12. The van der Waals surface area contributed by atoms with E-state index < -0.39 is 0 Å². The van der Waals surface area contributed by atoms with E-state index in [1.807, 2.05) is 42.5 Å². The summed E-state index contributed by atoms with van der Waals surface area (Å²) in [5.74, 6) is 2.37. The lowest BCUT2D eigenvalue weighted by Crippen LogP contribution is -2.17. The number of hydrogen-bond donors (Lipinski definition) is 2. The van der Waals surface area contributed by atoms with Crippen LogP contribution in [0.25, 0.3) is 11.3 Å². The maximum absolute atomic E-state index is 5.31. The summed E-state index contributed by atoms with van der Waals surface area (Å²) < 4.78 is 5.31. The Kier molecular flexibility index (Phi) is 5.71. The minimum absolute atomic E-state index is 0.470. The van der Waals surface area contributed by atoms with Crippen molar-refractivity contribution in [2.75, 3.05) is 17.7 Å². The molecule has 5 heteroatoms. The molecule has 1 aliphatic carbocycles. The summed E-state index contributed by atoms with van der Waals surface area (Å²) in [7, 11) is 1.68. The molecule has 0 bridgehead atoms. The Morgan fingerprint density at radius 1 is 0.964 bits per heavy atom. The number of rotatable bonds is 7. The van der Waals surface area contributed by atoms with Gasteiger partial charge in [-0.3, -0.25) is 0 Å². The molecule has 144 valence electrons. The average Bonchev–Trinajstić information content (AvgIpc) is 3.26. The highest BCUT2D eigenvalue weighted by Gasteiger charge is 2.16. The fraction of sp³-hybridized carbons (Fsp3) is 0.304. The number of nitrogens with one attached hydrogen (secondary N) is 2. The number of hydrogen-bond acceptors (Lipinski definition) is 5. The fourth-order valence-corrected chi connectivity index (χ4v) is 3.59. The molecule has 5 nitrogen and oxygen atoms in total. The van der Waals surface area contributed by atoms with Crippen molar-refractivity contribution in [1.29, 1.82) is 0 Å². The van der Waals surface area contributed by atoms with Crippen molar-refractivity contribution in [3.63, 3.8) is 0 Å².